The van der Waals surface area contributed by atoms with Crippen molar-refractivity contribution in [1.82, 2.24) is 25.1 Å². The van der Waals surface area contributed by atoms with Crippen LogP contribution < -0.4 is 10.1 Å². The molecule has 3 aromatic heterocycles. The largest absolute Gasteiger partial charge is 0.490 e. The number of aromatic nitrogens is 4. The SMILES string of the molecule is CC(C)(Cc1c[nH]c2c(CCn3cncn3)cccc12)NC[C@H](O)COc1ccccc1-c1cccs1.O=C(O)CCC(=O)O. The smallest absolute Gasteiger partial charge is 0.303 e. The molecule has 5 aromatic rings. The standard InChI is InChI=1S/C29H33N5O2S.C4H6O4/c1-29(2,32-17-23(35)18-36-26-10-4-3-8-25(26)27-11-6-14-37-27)15-22-16-31-28-21(7-5-9-24(22)28)12-13-34-20-30-19-33-34;5-3(6)1-2-4(7)8/h3-11,14,16,19-20,23,31-32,35H,12-13,15,17-18H2,1-2H3;1-2H2,(H,5,6)(H,7,8)/t23-;/m0./s1. The zero-order chi connectivity index (χ0) is 32.2. The maximum absolute atomic E-state index is 10.7. The number of carboxylic acid groups (broad SMARTS) is 2. The number of ether oxygens (including phenoxy) is 1. The fourth-order valence-electron chi connectivity index (χ4n) is 4.83. The highest BCUT2D eigenvalue weighted by molar-refractivity contribution is 7.13. The molecule has 11 nitrogen and oxygen atoms in total. The monoisotopic (exact) mass is 633 g/mol. The Kier molecular flexibility index (Phi) is 11.9. The van der Waals surface area contributed by atoms with Crippen molar-refractivity contribution in [3.63, 3.8) is 0 Å². The number of fused-ring (bicyclic) bond motifs is 1. The summed E-state index contributed by atoms with van der Waals surface area (Å²) < 4.78 is 7.87. The number of thiophene rings is 1. The van der Waals surface area contributed by atoms with Gasteiger partial charge in [0.1, 0.15) is 31.1 Å². The summed E-state index contributed by atoms with van der Waals surface area (Å²) >= 11 is 1.68. The number of aliphatic hydroxyl groups is 1. The second-order valence-corrected chi connectivity index (χ2v) is 12.2. The van der Waals surface area contributed by atoms with Crippen LogP contribution in [-0.4, -0.2) is 71.8 Å². The highest BCUT2D eigenvalue weighted by Gasteiger charge is 2.22. The summed E-state index contributed by atoms with van der Waals surface area (Å²) in [6.45, 7) is 5.80. The average molecular weight is 634 g/mol. The molecular weight excluding hydrogens is 594 g/mol. The van der Waals surface area contributed by atoms with Crippen LogP contribution in [0.5, 0.6) is 5.75 Å². The maximum atomic E-state index is 10.7. The number of aromatic amines is 1. The molecule has 2 aromatic carbocycles. The number of benzene rings is 2. The number of aliphatic carboxylic acids is 2. The van der Waals surface area contributed by atoms with Crippen LogP contribution in [0, 0.1) is 0 Å². The van der Waals surface area contributed by atoms with Crippen LogP contribution in [0.3, 0.4) is 0 Å². The van der Waals surface area contributed by atoms with E-state index in [0.717, 1.165) is 35.6 Å². The molecular formula is C33H39N5O6S. The third-order valence-corrected chi connectivity index (χ3v) is 7.97. The molecule has 0 aliphatic carbocycles. The van der Waals surface area contributed by atoms with Gasteiger partial charge < -0.3 is 30.4 Å². The first kappa shape index (κ1) is 33.4. The van der Waals surface area contributed by atoms with Gasteiger partial charge in [0.15, 0.2) is 0 Å². The van der Waals surface area contributed by atoms with E-state index >= 15 is 0 Å². The molecule has 1 atom stereocenters. The molecule has 12 heteroatoms. The van der Waals surface area contributed by atoms with E-state index in [1.807, 2.05) is 28.9 Å². The molecule has 0 saturated carbocycles. The number of β-amino-alcohol motifs (C(OH)–C–C–N with tert-alkyl or cyclic N) is 1. The summed E-state index contributed by atoms with van der Waals surface area (Å²) in [5, 5.41) is 37.5. The number of carbonyl (C=O) groups is 2. The van der Waals surface area contributed by atoms with Gasteiger partial charge in [-0.05, 0) is 61.4 Å². The number of rotatable bonds is 15. The fourth-order valence-corrected chi connectivity index (χ4v) is 5.59. The van der Waals surface area contributed by atoms with E-state index in [-0.39, 0.29) is 25.0 Å². The van der Waals surface area contributed by atoms with Gasteiger partial charge in [-0.15, -0.1) is 11.3 Å². The minimum absolute atomic E-state index is 0.207. The fraction of sp³-hybridized carbons (Fsp3) is 0.333. The van der Waals surface area contributed by atoms with Gasteiger partial charge in [-0.3, -0.25) is 14.3 Å². The van der Waals surface area contributed by atoms with Crippen molar-refractivity contribution in [3.8, 4) is 16.2 Å². The lowest BCUT2D eigenvalue weighted by Crippen LogP contribution is -2.46. The van der Waals surface area contributed by atoms with Gasteiger partial charge in [0.25, 0.3) is 0 Å². The molecule has 0 spiro atoms. The van der Waals surface area contributed by atoms with E-state index in [9.17, 15) is 14.7 Å². The van der Waals surface area contributed by atoms with Gasteiger partial charge in [-0.25, -0.2) is 4.98 Å². The molecule has 0 saturated heterocycles. The summed E-state index contributed by atoms with van der Waals surface area (Å²) in [6, 6.07) is 18.5. The van der Waals surface area contributed by atoms with Crippen molar-refractivity contribution in [2.75, 3.05) is 13.2 Å². The summed E-state index contributed by atoms with van der Waals surface area (Å²) in [4.78, 5) is 27.9. The van der Waals surface area contributed by atoms with Crippen LogP contribution in [0.15, 0.2) is 78.8 Å². The van der Waals surface area contributed by atoms with E-state index in [1.54, 1.807) is 24.0 Å². The quantitative estimate of drug-likeness (QED) is 0.107. The van der Waals surface area contributed by atoms with Crippen molar-refractivity contribution >= 4 is 34.2 Å². The zero-order valence-corrected chi connectivity index (χ0v) is 26.2. The first-order valence-corrected chi connectivity index (χ1v) is 15.5. The van der Waals surface area contributed by atoms with E-state index in [0.29, 0.717) is 6.54 Å². The lowest BCUT2D eigenvalue weighted by atomic mass is 9.93. The maximum Gasteiger partial charge on any atom is 0.303 e. The third kappa shape index (κ3) is 10.3. The number of nitrogens with zero attached hydrogens (tertiary/aromatic N) is 3. The highest BCUT2D eigenvalue weighted by atomic mass is 32.1. The lowest BCUT2D eigenvalue weighted by molar-refractivity contribution is -0.143. The Labute approximate surface area is 265 Å². The average Bonchev–Trinajstić information content (AvgIpc) is 3.81. The molecule has 45 heavy (non-hydrogen) atoms. The van der Waals surface area contributed by atoms with Gasteiger partial charge in [-0.1, -0.05) is 36.4 Å². The molecule has 0 fully saturated rings. The summed E-state index contributed by atoms with van der Waals surface area (Å²) in [6.07, 6.45) is 5.91. The molecule has 0 radical (unpaired) electrons. The summed E-state index contributed by atoms with van der Waals surface area (Å²) in [5.74, 6) is -1.36. The molecule has 0 unspecified atom stereocenters. The molecule has 0 bridgehead atoms. The van der Waals surface area contributed by atoms with Crippen molar-refractivity contribution in [2.24, 2.45) is 0 Å². The van der Waals surface area contributed by atoms with E-state index in [1.165, 1.54) is 22.0 Å². The minimum atomic E-state index is -1.08. The molecule has 5 rings (SSSR count). The second kappa shape index (κ2) is 16.0. The van der Waals surface area contributed by atoms with Gasteiger partial charge in [0, 0.05) is 46.2 Å². The molecule has 0 amide bonds. The van der Waals surface area contributed by atoms with Crippen molar-refractivity contribution in [2.45, 2.75) is 57.7 Å². The third-order valence-electron chi connectivity index (χ3n) is 7.07. The highest BCUT2D eigenvalue weighted by Crippen LogP contribution is 2.33. The van der Waals surface area contributed by atoms with Crippen LogP contribution in [0.2, 0.25) is 0 Å². The minimum Gasteiger partial charge on any atom is -0.490 e. The van der Waals surface area contributed by atoms with Gasteiger partial charge >= 0.3 is 11.9 Å². The predicted molar refractivity (Wildman–Crippen MR) is 174 cm³/mol. The van der Waals surface area contributed by atoms with E-state index in [2.05, 4.69) is 76.1 Å². The van der Waals surface area contributed by atoms with Crippen molar-refractivity contribution in [1.29, 1.82) is 0 Å². The Balaban J connectivity index is 0.000000510. The summed E-state index contributed by atoms with van der Waals surface area (Å²) in [5.41, 5.74) is 4.54. The predicted octanol–water partition coefficient (Wildman–Crippen LogP) is 5.02. The summed E-state index contributed by atoms with van der Waals surface area (Å²) in [7, 11) is 0. The Morgan fingerprint density at radius 3 is 2.51 bits per heavy atom. The number of hydrogen-bond donors (Lipinski definition) is 5. The van der Waals surface area contributed by atoms with Crippen LogP contribution >= 0.6 is 11.3 Å². The van der Waals surface area contributed by atoms with Gasteiger partial charge in [-0.2, -0.15) is 5.10 Å². The first-order chi connectivity index (χ1) is 21.6. The Hall–Kier alpha value is -4.52. The normalized spacial score (nSPS) is 12.0. The molecule has 5 N–H and O–H groups in total. The van der Waals surface area contributed by atoms with E-state index in [4.69, 9.17) is 14.9 Å². The van der Waals surface area contributed by atoms with Crippen molar-refractivity contribution < 1.29 is 29.6 Å². The Morgan fingerprint density at radius 2 is 1.82 bits per heavy atom. The molecule has 0 aliphatic rings. The Morgan fingerprint density at radius 1 is 1.04 bits per heavy atom. The number of carboxylic acids is 2. The first-order valence-electron chi connectivity index (χ1n) is 14.6. The number of para-hydroxylation sites is 2. The number of aliphatic hydroxyl groups excluding tert-OH is 1. The second-order valence-electron chi connectivity index (χ2n) is 11.2. The van der Waals surface area contributed by atoms with Gasteiger partial charge in [0.05, 0.1) is 12.8 Å². The number of nitrogens with one attached hydrogen (secondary N) is 2. The van der Waals surface area contributed by atoms with Crippen LogP contribution in [-0.2, 0) is 29.0 Å². The number of hydrogen-bond acceptors (Lipinski definition) is 8. The van der Waals surface area contributed by atoms with Crippen LogP contribution in [0.4, 0.5) is 0 Å². The van der Waals surface area contributed by atoms with Crippen molar-refractivity contribution in [3.05, 3.63) is 90.0 Å². The number of H-pyrrole nitrogens is 1. The topological polar surface area (TPSA) is 163 Å². The lowest BCUT2D eigenvalue weighted by Gasteiger charge is -2.28. The number of aryl methyl sites for hydroxylation is 2. The van der Waals surface area contributed by atoms with E-state index < -0.39 is 18.0 Å². The Bertz CT molecular complexity index is 1640. The van der Waals surface area contributed by atoms with Crippen LogP contribution in [0.1, 0.15) is 37.8 Å². The molecule has 238 valence electrons. The van der Waals surface area contributed by atoms with Crippen LogP contribution in [0.25, 0.3) is 21.3 Å². The van der Waals surface area contributed by atoms with Gasteiger partial charge in [0.2, 0.25) is 0 Å². The molecule has 0 aliphatic heterocycles. The molecule has 3 heterocycles. The zero-order valence-electron chi connectivity index (χ0n) is 25.3.